The third-order valence-electron chi connectivity index (χ3n) is 4.13. The number of nitrogens with one attached hydrogen (secondary N) is 1. The third kappa shape index (κ3) is 10.1. The van der Waals surface area contributed by atoms with Gasteiger partial charge in [0.05, 0.1) is 13.2 Å². The van der Waals surface area contributed by atoms with E-state index >= 15 is 0 Å². The molecule has 5 nitrogen and oxygen atoms in total. The minimum atomic E-state index is -0.735. The maximum atomic E-state index is 12.4. The molecule has 1 amide bonds. The summed E-state index contributed by atoms with van der Waals surface area (Å²) in [5.41, 5.74) is 0.960. The Morgan fingerprint density at radius 3 is 2.23 bits per heavy atom. The fraction of sp³-hybridized carbons (Fsp3) is 0.619. The summed E-state index contributed by atoms with van der Waals surface area (Å²) in [5.74, 6) is -0.409. The first-order chi connectivity index (χ1) is 12.7. The van der Waals surface area contributed by atoms with Crippen molar-refractivity contribution >= 4 is 12.1 Å². The van der Waals surface area contributed by atoms with Gasteiger partial charge in [-0.05, 0) is 18.9 Å². The SMILES string of the molecule is CCCCCCCCCOC(=O)C(Cc1ccccc1)NC(=O)OCC. The summed E-state index contributed by atoms with van der Waals surface area (Å²) >= 11 is 0. The van der Waals surface area contributed by atoms with Gasteiger partial charge < -0.3 is 14.8 Å². The fourth-order valence-corrected chi connectivity index (χ4v) is 2.69. The van der Waals surface area contributed by atoms with Gasteiger partial charge in [-0.1, -0.05) is 75.8 Å². The van der Waals surface area contributed by atoms with Crippen molar-refractivity contribution in [1.82, 2.24) is 5.32 Å². The Morgan fingerprint density at radius 1 is 0.923 bits per heavy atom. The molecule has 0 aliphatic heterocycles. The predicted molar refractivity (Wildman–Crippen MR) is 103 cm³/mol. The topological polar surface area (TPSA) is 64.6 Å². The summed E-state index contributed by atoms with van der Waals surface area (Å²) < 4.78 is 10.3. The van der Waals surface area contributed by atoms with E-state index in [1.54, 1.807) is 6.92 Å². The van der Waals surface area contributed by atoms with Gasteiger partial charge >= 0.3 is 12.1 Å². The number of esters is 1. The zero-order valence-corrected chi connectivity index (χ0v) is 16.2. The molecule has 1 atom stereocenters. The second-order valence-electron chi connectivity index (χ2n) is 6.40. The average Bonchev–Trinajstić information content (AvgIpc) is 2.64. The van der Waals surface area contributed by atoms with Crippen LogP contribution in [0.25, 0.3) is 0 Å². The van der Waals surface area contributed by atoms with Crippen molar-refractivity contribution in [2.45, 2.75) is 71.3 Å². The van der Waals surface area contributed by atoms with E-state index in [1.807, 2.05) is 30.3 Å². The van der Waals surface area contributed by atoms with Crippen molar-refractivity contribution < 1.29 is 19.1 Å². The number of rotatable bonds is 13. The Labute approximate surface area is 157 Å². The Hall–Kier alpha value is -2.04. The van der Waals surface area contributed by atoms with Crippen LogP contribution >= 0.6 is 0 Å². The predicted octanol–water partition coefficient (Wildman–Crippen LogP) is 4.64. The maximum Gasteiger partial charge on any atom is 0.407 e. The highest BCUT2D eigenvalue weighted by molar-refractivity contribution is 5.81. The quantitative estimate of drug-likeness (QED) is 0.410. The van der Waals surface area contributed by atoms with Crippen LogP contribution in [0, 0.1) is 0 Å². The lowest BCUT2D eigenvalue weighted by molar-refractivity contribution is -0.146. The van der Waals surface area contributed by atoms with Gasteiger partial charge in [-0.15, -0.1) is 0 Å². The Balaban J connectivity index is 2.39. The van der Waals surface area contributed by atoms with Crippen molar-refractivity contribution in [3.8, 4) is 0 Å². The zero-order valence-electron chi connectivity index (χ0n) is 16.2. The van der Waals surface area contributed by atoms with Gasteiger partial charge in [-0.25, -0.2) is 9.59 Å². The molecular weight excluding hydrogens is 330 g/mol. The number of hydrogen-bond donors (Lipinski definition) is 1. The second kappa shape index (κ2) is 14.2. The van der Waals surface area contributed by atoms with Crippen molar-refractivity contribution in [2.75, 3.05) is 13.2 Å². The van der Waals surface area contributed by atoms with E-state index in [4.69, 9.17) is 9.47 Å². The molecule has 1 aromatic carbocycles. The molecule has 1 N–H and O–H groups in total. The summed E-state index contributed by atoms with van der Waals surface area (Å²) in [7, 11) is 0. The number of alkyl carbamates (subject to hydrolysis) is 1. The number of amides is 1. The first kappa shape index (κ1) is 22.0. The first-order valence-electron chi connectivity index (χ1n) is 9.81. The molecule has 0 radical (unpaired) electrons. The molecule has 5 heteroatoms. The summed E-state index contributed by atoms with van der Waals surface area (Å²) in [5, 5.41) is 2.61. The fourth-order valence-electron chi connectivity index (χ4n) is 2.69. The summed E-state index contributed by atoms with van der Waals surface area (Å²) in [6.07, 6.45) is 7.93. The van der Waals surface area contributed by atoms with Gasteiger partial charge in [0.1, 0.15) is 6.04 Å². The van der Waals surface area contributed by atoms with E-state index in [0.717, 1.165) is 18.4 Å². The van der Waals surface area contributed by atoms with E-state index in [9.17, 15) is 9.59 Å². The number of carbonyl (C=O) groups excluding carboxylic acids is 2. The van der Waals surface area contributed by atoms with Gasteiger partial charge in [0.15, 0.2) is 0 Å². The molecule has 0 bridgehead atoms. The lowest BCUT2D eigenvalue weighted by Crippen LogP contribution is -2.43. The molecule has 0 heterocycles. The van der Waals surface area contributed by atoms with Crippen LogP contribution in [0.5, 0.6) is 0 Å². The molecule has 1 aromatic rings. The van der Waals surface area contributed by atoms with Gasteiger partial charge in [0.25, 0.3) is 0 Å². The summed E-state index contributed by atoms with van der Waals surface area (Å²) in [6.45, 7) is 4.58. The number of carbonyl (C=O) groups is 2. The van der Waals surface area contributed by atoms with Crippen LogP contribution < -0.4 is 5.32 Å². The highest BCUT2D eigenvalue weighted by Crippen LogP contribution is 2.08. The molecule has 0 saturated carbocycles. The maximum absolute atomic E-state index is 12.4. The van der Waals surface area contributed by atoms with E-state index < -0.39 is 18.1 Å². The molecule has 0 aliphatic carbocycles. The van der Waals surface area contributed by atoms with Crippen molar-refractivity contribution in [2.24, 2.45) is 0 Å². The lowest BCUT2D eigenvalue weighted by atomic mass is 10.1. The molecule has 0 saturated heterocycles. The second-order valence-corrected chi connectivity index (χ2v) is 6.40. The normalized spacial score (nSPS) is 11.6. The van der Waals surface area contributed by atoms with Crippen LogP contribution in [0.2, 0.25) is 0 Å². The first-order valence-corrected chi connectivity index (χ1v) is 9.81. The van der Waals surface area contributed by atoms with Crippen molar-refractivity contribution in [1.29, 1.82) is 0 Å². The molecule has 0 aromatic heterocycles. The lowest BCUT2D eigenvalue weighted by Gasteiger charge is -2.17. The van der Waals surface area contributed by atoms with Crippen LogP contribution in [0.1, 0.15) is 64.4 Å². The van der Waals surface area contributed by atoms with Crippen LogP contribution in [-0.4, -0.2) is 31.3 Å². The molecule has 0 spiro atoms. The average molecular weight is 363 g/mol. The smallest absolute Gasteiger partial charge is 0.407 e. The molecule has 146 valence electrons. The standard InChI is InChI=1S/C21H33NO4/c1-3-5-6-7-8-9-13-16-26-20(23)19(22-21(24)25-4-2)17-18-14-11-10-12-15-18/h10-12,14-15,19H,3-9,13,16-17H2,1-2H3,(H,22,24). The molecule has 0 fully saturated rings. The molecule has 1 unspecified atom stereocenters. The van der Waals surface area contributed by atoms with E-state index in [1.165, 1.54) is 32.1 Å². The molecular formula is C21H33NO4. The Morgan fingerprint density at radius 2 is 1.58 bits per heavy atom. The highest BCUT2D eigenvalue weighted by Gasteiger charge is 2.23. The van der Waals surface area contributed by atoms with Crippen molar-refractivity contribution in [3.05, 3.63) is 35.9 Å². The minimum absolute atomic E-state index is 0.261. The molecule has 26 heavy (non-hydrogen) atoms. The minimum Gasteiger partial charge on any atom is -0.464 e. The van der Waals surface area contributed by atoms with Gasteiger partial charge in [0, 0.05) is 6.42 Å². The highest BCUT2D eigenvalue weighted by atomic mass is 16.6. The monoisotopic (exact) mass is 363 g/mol. The van der Waals surface area contributed by atoms with Crippen LogP contribution in [0.4, 0.5) is 4.79 Å². The van der Waals surface area contributed by atoms with Crippen LogP contribution in [-0.2, 0) is 20.7 Å². The number of unbranched alkanes of at least 4 members (excludes halogenated alkanes) is 6. The number of ether oxygens (including phenoxy) is 2. The summed E-state index contributed by atoms with van der Waals surface area (Å²) in [6, 6.07) is 8.82. The van der Waals surface area contributed by atoms with Crippen LogP contribution in [0.15, 0.2) is 30.3 Å². The van der Waals surface area contributed by atoms with Gasteiger partial charge in [-0.2, -0.15) is 0 Å². The summed E-state index contributed by atoms with van der Waals surface area (Å²) in [4.78, 5) is 24.1. The zero-order chi connectivity index (χ0) is 19.0. The third-order valence-corrected chi connectivity index (χ3v) is 4.13. The molecule has 1 rings (SSSR count). The number of benzene rings is 1. The largest absolute Gasteiger partial charge is 0.464 e. The van der Waals surface area contributed by atoms with E-state index in [2.05, 4.69) is 12.2 Å². The van der Waals surface area contributed by atoms with E-state index in [0.29, 0.717) is 13.0 Å². The molecule has 0 aliphatic rings. The number of hydrogen-bond acceptors (Lipinski definition) is 4. The van der Waals surface area contributed by atoms with Crippen molar-refractivity contribution in [3.63, 3.8) is 0 Å². The van der Waals surface area contributed by atoms with Gasteiger partial charge in [-0.3, -0.25) is 0 Å². The Bertz CT molecular complexity index is 504. The van der Waals surface area contributed by atoms with E-state index in [-0.39, 0.29) is 6.61 Å². The Kier molecular flexibility index (Phi) is 12.0. The van der Waals surface area contributed by atoms with Gasteiger partial charge in [0.2, 0.25) is 0 Å². The van der Waals surface area contributed by atoms with Crippen LogP contribution in [0.3, 0.4) is 0 Å².